The summed E-state index contributed by atoms with van der Waals surface area (Å²) in [5.41, 5.74) is 2.15. The highest BCUT2D eigenvalue weighted by molar-refractivity contribution is 5.11. The lowest BCUT2D eigenvalue weighted by Crippen LogP contribution is -2.08. The summed E-state index contributed by atoms with van der Waals surface area (Å²) in [7, 11) is 0. The molecule has 0 radical (unpaired) electrons. The van der Waals surface area contributed by atoms with Gasteiger partial charge in [0.2, 0.25) is 0 Å². The molecule has 0 aliphatic rings. The van der Waals surface area contributed by atoms with E-state index in [2.05, 4.69) is 35.1 Å². The van der Waals surface area contributed by atoms with Gasteiger partial charge in [-0.25, -0.2) is 9.67 Å². The minimum atomic E-state index is 0.197. The van der Waals surface area contributed by atoms with E-state index in [1.807, 2.05) is 10.8 Å². The third kappa shape index (κ3) is 2.33. The molecule has 6 heteroatoms. The van der Waals surface area contributed by atoms with Gasteiger partial charge in [0.25, 0.3) is 5.82 Å². The molecule has 0 fully saturated rings. The van der Waals surface area contributed by atoms with Crippen LogP contribution in [0.3, 0.4) is 0 Å². The van der Waals surface area contributed by atoms with Crippen molar-refractivity contribution in [2.24, 2.45) is 0 Å². The Morgan fingerprint density at radius 2 is 2.18 bits per heavy atom. The van der Waals surface area contributed by atoms with Crippen molar-refractivity contribution in [3.63, 3.8) is 0 Å². The highest BCUT2D eigenvalue weighted by atomic mass is 15.4. The molecule has 17 heavy (non-hydrogen) atoms. The zero-order valence-electron chi connectivity index (χ0n) is 9.96. The van der Waals surface area contributed by atoms with Gasteiger partial charge in [0.15, 0.2) is 0 Å². The average molecular weight is 230 g/mol. The monoisotopic (exact) mass is 230 g/mol. The molecule has 0 saturated carbocycles. The Morgan fingerprint density at radius 1 is 1.35 bits per heavy atom. The largest absolute Gasteiger partial charge is 0.268 e. The van der Waals surface area contributed by atoms with E-state index >= 15 is 0 Å². The van der Waals surface area contributed by atoms with Crippen LogP contribution in [0.2, 0.25) is 0 Å². The molecule has 0 amide bonds. The second-order valence-electron chi connectivity index (χ2n) is 3.67. The third-order valence-corrected chi connectivity index (χ3v) is 2.54. The first-order chi connectivity index (χ1) is 8.26. The van der Waals surface area contributed by atoms with E-state index in [1.54, 1.807) is 11.0 Å². The van der Waals surface area contributed by atoms with Crippen LogP contribution in [0.25, 0.3) is 0 Å². The van der Waals surface area contributed by atoms with E-state index in [0.717, 1.165) is 24.4 Å². The lowest BCUT2D eigenvalue weighted by molar-refractivity contribution is 0.572. The standard InChI is InChI=1S/C11H14N6/c1-3-9-5-10(17(4-2)14-9)7-16-8-13-11(6-12)15-16/h5,8H,3-4,7H2,1-2H3. The van der Waals surface area contributed by atoms with Crippen LogP contribution in [0, 0.1) is 11.3 Å². The average Bonchev–Trinajstić information content (AvgIpc) is 2.95. The van der Waals surface area contributed by atoms with Gasteiger partial charge in [0.05, 0.1) is 17.9 Å². The van der Waals surface area contributed by atoms with Gasteiger partial charge in [-0.3, -0.25) is 4.68 Å². The molecule has 0 N–H and O–H groups in total. The summed E-state index contributed by atoms with van der Waals surface area (Å²) in [5, 5.41) is 17.2. The van der Waals surface area contributed by atoms with Crippen LogP contribution in [0.5, 0.6) is 0 Å². The molecule has 6 nitrogen and oxygen atoms in total. The topological polar surface area (TPSA) is 72.3 Å². The molecule has 0 aliphatic heterocycles. The third-order valence-electron chi connectivity index (χ3n) is 2.54. The van der Waals surface area contributed by atoms with Crippen molar-refractivity contribution in [2.45, 2.75) is 33.4 Å². The Balaban J connectivity index is 2.23. The summed E-state index contributed by atoms with van der Waals surface area (Å²) >= 11 is 0. The molecule has 0 saturated heterocycles. The fraction of sp³-hybridized carbons (Fsp3) is 0.455. The van der Waals surface area contributed by atoms with E-state index in [0.29, 0.717) is 6.54 Å². The molecular weight excluding hydrogens is 216 g/mol. The zero-order chi connectivity index (χ0) is 12.3. The molecule has 2 aromatic rings. The Kier molecular flexibility index (Phi) is 3.19. The first-order valence-electron chi connectivity index (χ1n) is 5.62. The lowest BCUT2D eigenvalue weighted by Gasteiger charge is -2.03. The lowest BCUT2D eigenvalue weighted by atomic mass is 10.3. The Labute approximate surface area is 99.5 Å². The first-order valence-corrected chi connectivity index (χ1v) is 5.62. The number of hydrogen-bond donors (Lipinski definition) is 0. The molecule has 2 heterocycles. The van der Waals surface area contributed by atoms with Crippen molar-refractivity contribution in [3.05, 3.63) is 29.6 Å². The smallest absolute Gasteiger partial charge is 0.252 e. The van der Waals surface area contributed by atoms with Gasteiger partial charge in [-0.05, 0) is 19.4 Å². The Hall–Kier alpha value is -2.16. The van der Waals surface area contributed by atoms with Gasteiger partial charge in [0.1, 0.15) is 12.4 Å². The summed E-state index contributed by atoms with van der Waals surface area (Å²) in [6.45, 7) is 5.55. The second-order valence-corrected chi connectivity index (χ2v) is 3.67. The van der Waals surface area contributed by atoms with E-state index in [-0.39, 0.29) is 5.82 Å². The van der Waals surface area contributed by atoms with Crippen LogP contribution in [0.15, 0.2) is 12.4 Å². The fourth-order valence-corrected chi connectivity index (χ4v) is 1.68. The van der Waals surface area contributed by atoms with Gasteiger partial charge in [0, 0.05) is 6.54 Å². The van der Waals surface area contributed by atoms with Crippen molar-refractivity contribution in [1.29, 1.82) is 5.26 Å². The number of aromatic nitrogens is 5. The van der Waals surface area contributed by atoms with Crippen LogP contribution in [-0.4, -0.2) is 24.5 Å². The maximum absolute atomic E-state index is 8.65. The SMILES string of the molecule is CCc1cc(Cn2cnc(C#N)n2)n(CC)n1. The second kappa shape index (κ2) is 4.78. The number of nitriles is 1. The molecule has 0 aliphatic carbocycles. The van der Waals surface area contributed by atoms with Gasteiger partial charge in [-0.2, -0.15) is 10.4 Å². The van der Waals surface area contributed by atoms with Crippen molar-refractivity contribution in [2.75, 3.05) is 0 Å². The van der Waals surface area contributed by atoms with Crippen molar-refractivity contribution in [1.82, 2.24) is 24.5 Å². The van der Waals surface area contributed by atoms with E-state index in [1.165, 1.54) is 0 Å². The molecule has 0 spiro atoms. The van der Waals surface area contributed by atoms with Gasteiger partial charge in [-0.1, -0.05) is 6.92 Å². The zero-order valence-corrected chi connectivity index (χ0v) is 9.96. The normalized spacial score (nSPS) is 10.4. The first kappa shape index (κ1) is 11.3. The summed E-state index contributed by atoms with van der Waals surface area (Å²) in [4.78, 5) is 3.87. The molecule has 2 aromatic heterocycles. The van der Waals surface area contributed by atoms with Gasteiger partial charge in [-0.15, -0.1) is 5.10 Å². The molecule has 0 aromatic carbocycles. The molecule has 0 atom stereocenters. The molecule has 88 valence electrons. The number of nitrogens with zero attached hydrogens (tertiary/aromatic N) is 6. The predicted octanol–water partition coefficient (Wildman–Crippen LogP) is 0.977. The highest BCUT2D eigenvalue weighted by Crippen LogP contribution is 2.07. The number of hydrogen-bond acceptors (Lipinski definition) is 4. The quantitative estimate of drug-likeness (QED) is 0.784. The van der Waals surface area contributed by atoms with Crippen LogP contribution < -0.4 is 0 Å². The molecule has 2 rings (SSSR count). The molecular formula is C11H14N6. The van der Waals surface area contributed by atoms with E-state index in [9.17, 15) is 0 Å². The van der Waals surface area contributed by atoms with Crippen LogP contribution in [0.4, 0.5) is 0 Å². The summed E-state index contributed by atoms with van der Waals surface area (Å²) in [5.74, 6) is 0.197. The van der Waals surface area contributed by atoms with Gasteiger partial charge >= 0.3 is 0 Å². The van der Waals surface area contributed by atoms with Crippen LogP contribution >= 0.6 is 0 Å². The molecule has 0 unspecified atom stereocenters. The van der Waals surface area contributed by atoms with Crippen molar-refractivity contribution < 1.29 is 0 Å². The minimum Gasteiger partial charge on any atom is -0.268 e. The predicted molar refractivity (Wildman–Crippen MR) is 61.1 cm³/mol. The highest BCUT2D eigenvalue weighted by Gasteiger charge is 2.07. The van der Waals surface area contributed by atoms with Crippen LogP contribution in [0.1, 0.15) is 31.1 Å². The Bertz CT molecular complexity index is 545. The maximum atomic E-state index is 8.65. The minimum absolute atomic E-state index is 0.197. The summed E-state index contributed by atoms with van der Waals surface area (Å²) in [6, 6.07) is 3.98. The fourth-order valence-electron chi connectivity index (χ4n) is 1.68. The van der Waals surface area contributed by atoms with Crippen molar-refractivity contribution >= 4 is 0 Å². The maximum Gasteiger partial charge on any atom is 0.252 e. The Morgan fingerprint density at radius 3 is 2.76 bits per heavy atom. The number of rotatable bonds is 4. The van der Waals surface area contributed by atoms with E-state index in [4.69, 9.17) is 5.26 Å². The number of aryl methyl sites for hydroxylation is 2. The summed E-state index contributed by atoms with van der Waals surface area (Å²) < 4.78 is 3.60. The van der Waals surface area contributed by atoms with E-state index < -0.39 is 0 Å². The molecule has 0 bridgehead atoms. The van der Waals surface area contributed by atoms with Crippen LogP contribution in [-0.2, 0) is 19.5 Å². The summed E-state index contributed by atoms with van der Waals surface area (Å²) in [6.07, 6.45) is 2.48. The van der Waals surface area contributed by atoms with Crippen molar-refractivity contribution in [3.8, 4) is 6.07 Å². The van der Waals surface area contributed by atoms with Gasteiger partial charge < -0.3 is 0 Å².